The van der Waals surface area contributed by atoms with Gasteiger partial charge in [0.2, 0.25) is 0 Å². The van der Waals surface area contributed by atoms with Crippen molar-refractivity contribution in [3.8, 4) is 0 Å². The Morgan fingerprint density at radius 2 is 2.53 bits per heavy atom. The van der Waals surface area contributed by atoms with Crippen LogP contribution in [0.15, 0.2) is 16.7 Å². The van der Waals surface area contributed by atoms with Crippen LogP contribution in [0.3, 0.4) is 0 Å². The summed E-state index contributed by atoms with van der Waals surface area (Å²) in [5, 5.41) is 6.37. The zero-order chi connectivity index (χ0) is 12.1. The number of aryl methyl sites for hydroxylation is 1. The Balaban J connectivity index is 1.77. The summed E-state index contributed by atoms with van der Waals surface area (Å²) >= 11 is 0. The molecule has 1 atom stereocenters. The van der Waals surface area contributed by atoms with Gasteiger partial charge in [0.05, 0.1) is 11.8 Å². The minimum atomic E-state index is -0.0198. The Bertz CT molecular complexity index is 367. The molecule has 0 saturated carbocycles. The highest BCUT2D eigenvalue weighted by atomic mass is 16.3. The average molecular weight is 236 g/mol. The van der Waals surface area contributed by atoms with Crippen molar-refractivity contribution in [2.24, 2.45) is 0 Å². The molecule has 1 amide bonds. The second-order valence-electron chi connectivity index (χ2n) is 4.45. The molecule has 17 heavy (non-hydrogen) atoms. The monoisotopic (exact) mass is 236 g/mol. The van der Waals surface area contributed by atoms with E-state index in [1.165, 1.54) is 12.8 Å². The molecule has 2 N–H and O–H groups in total. The van der Waals surface area contributed by atoms with Gasteiger partial charge in [0.1, 0.15) is 5.76 Å². The third-order valence-corrected chi connectivity index (χ3v) is 3.25. The summed E-state index contributed by atoms with van der Waals surface area (Å²) in [5.41, 5.74) is 0.673. The standard InChI is InChI=1S/C13H20N2O2/c1-2-12-11(6-9-17-12)13(16)15-8-5-10-4-3-7-14-10/h6,9-10,14H,2-5,7-8H2,1H3,(H,15,16). The molecule has 1 aliphatic rings. The minimum Gasteiger partial charge on any atom is -0.469 e. The zero-order valence-corrected chi connectivity index (χ0v) is 10.3. The Kier molecular flexibility index (Phi) is 4.20. The van der Waals surface area contributed by atoms with Crippen LogP contribution in [-0.4, -0.2) is 25.0 Å². The molecule has 0 bridgehead atoms. The van der Waals surface area contributed by atoms with Crippen molar-refractivity contribution in [2.45, 2.75) is 38.6 Å². The minimum absolute atomic E-state index is 0.0198. The molecule has 1 aromatic rings. The fourth-order valence-corrected chi connectivity index (χ4v) is 2.27. The van der Waals surface area contributed by atoms with E-state index in [0.29, 0.717) is 11.6 Å². The number of rotatable bonds is 5. The molecule has 0 aromatic carbocycles. The quantitative estimate of drug-likeness (QED) is 0.818. The largest absolute Gasteiger partial charge is 0.469 e. The van der Waals surface area contributed by atoms with Crippen molar-refractivity contribution < 1.29 is 9.21 Å². The number of carbonyl (C=O) groups is 1. The summed E-state index contributed by atoms with van der Waals surface area (Å²) in [6.45, 7) is 3.82. The van der Waals surface area contributed by atoms with E-state index in [2.05, 4.69) is 10.6 Å². The van der Waals surface area contributed by atoms with Crippen LogP contribution in [0.25, 0.3) is 0 Å². The molecular weight excluding hydrogens is 216 g/mol. The topological polar surface area (TPSA) is 54.3 Å². The Morgan fingerprint density at radius 1 is 1.65 bits per heavy atom. The lowest BCUT2D eigenvalue weighted by Crippen LogP contribution is -2.30. The van der Waals surface area contributed by atoms with Gasteiger partial charge in [-0.1, -0.05) is 6.92 Å². The molecule has 0 spiro atoms. The fraction of sp³-hybridized carbons (Fsp3) is 0.615. The van der Waals surface area contributed by atoms with Crippen molar-refractivity contribution in [1.29, 1.82) is 0 Å². The third-order valence-electron chi connectivity index (χ3n) is 3.25. The molecule has 1 aliphatic heterocycles. The van der Waals surface area contributed by atoms with E-state index in [1.54, 1.807) is 12.3 Å². The normalized spacial score (nSPS) is 19.5. The summed E-state index contributed by atoms with van der Waals surface area (Å²) < 4.78 is 5.24. The molecule has 2 heterocycles. The summed E-state index contributed by atoms with van der Waals surface area (Å²) in [6, 6.07) is 2.31. The van der Waals surface area contributed by atoms with Crippen LogP contribution in [0.4, 0.5) is 0 Å². The highest BCUT2D eigenvalue weighted by Crippen LogP contribution is 2.11. The van der Waals surface area contributed by atoms with Gasteiger partial charge >= 0.3 is 0 Å². The van der Waals surface area contributed by atoms with Gasteiger partial charge in [0, 0.05) is 19.0 Å². The summed E-state index contributed by atoms with van der Waals surface area (Å²) in [4.78, 5) is 11.9. The van der Waals surface area contributed by atoms with Crippen LogP contribution in [0.2, 0.25) is 0 Å². The van der Waals surface area contributed by atoms with Crippen molar-refractivity contribution in [3.63, 3.8) is 0 Å². The predicted octanol–water partition coefficient (Wildman–Crippen LogP) is 1.71. The zero-order valence-electron chi connectivity index (χ0n) is 10.3. The number of nitrogens with one attached hydrogen (secondary N) is 2. The van der Waals surface area contributed by atoms with Crippen LogP contribution in [-0.2, 0) is 6.42 Å². The maximum Gasteiger partial charge on any atom is 0.254 e. The van der Waals surface area contributed by atoms with Crippen molar-refractivity contribution in [2.75, 3.05) is 13.1 Å². The Morgan fingerprint density at radius 3 is 3.24 bits per heavy atom. The SMILES string of the molecule is CCc1occc1C(=O)NCCC1CCCN1. The fourth-order valence-electron chi connectivity index (χ4n) is 2.27. The van der Waals surface area contributed by atoms with Crippen LogP contribution in [0.1, 0.15) is 42.3 Å². The first-order valence-electron chi connectivity index (χ1n) is 6.39. The molecule has 4 nitrogen and oxygen atoms in total. The van der Waals surface area contributed by atoms with Gasteiger partial charge in [-0.05, 0) is 31.9 Å². The molecular formula is C13H20N2O2. The molecule has 1 fully saturated rings. The highest BCUT2D eigenvalue weighted by Gasteiger charge is 2.15. The number of hydrogen-bond acceptors (Lipinski definition) is 3. The van der Waals surface area contributed by atoms with E-state index in [-0.39, 0.29) is 5.91 Å². The van der Waals surface area contributed by atoms with Crippen LogP contribution >= 0.6 is 0 Å². The van der Waals surface area contributed by atoms with Crippen LogP contribution < -0.4 is 10.6 Å². The maximum absolute atomic E-state index is 11.9. The molecule has 1 saturated heterocycles. The lowest BCUT2D eigenvalue weighted by Gasteiger charge is -2.10. The lowest BCUT2D eigenvalue weighted by molar-refractivity contribution is 0.0950. The third kappa shape index (κ3) is 3.09. The van der Waals surface area contributed by atoms with Crippen molar-refractivity contribution in [1.82, 2.24) is 10.6 Å². The number of carbonyl (C=O) groups excluding carboxylic acids is 1. The van der Waals surface area contributed by atoms with E-state index in [0.717, 1.165) is 31.7 Å². The highest BCUT2D eigenvalue weighted by molar-refractivity contribution is 5.95. The molecule has 94 valence electrons. The molecule has 4 heteroatoms. The van der Waals surface area contributed by atoms with Gasteiger partial charge in [0.25, 0.3) is 5.91 Å². The number of furan rings is 1. The van der Waals surface area contributed by atoms with Gasteiger partial charge in [-0.2, -0.15) is 0 Å². The van der Waals surface area contributed by atoms with Crippen molar-refractivity contribution in [3.05, 3.63) is 23.7 Å². The molecule has 1 unspecified atom stereocenters. The van der Waals surface area contributed by atoms with Gasteiger partial charge < -0.3 is 15.1 Å². The summed E-state index contributed by atoms with van der Waals surface area (Å²) in [6.07, 6.45) is 5.80. The molecule has 0 aliphatic carbocycles. The van der Waals surface area contributed by atoms with E-state index in [1.807, 2.05) is 6.92 Å². The van der Waals surface area contributed by atoms with E-state index in [9.17, 15) is 4.79 Å². The first-order valence-corrected chi connectivity index (χ1v) is 6.39. The van der Waals surface area contributed by atoms with Crippen molar-refractivity contribution >= 4 is 5.91 Å². The summed E-state index contributed by atoms with van der Waals surface area (Å²) in [5.74, 6) is 0.745. The average Bonchev–Trinajstić information content (AvgIpc) is 2.99. The van der Waals surface area contributed by atoms with Crippen LogP contribution in [0.5, 0.6) is 0 Å². The number of amides is 1. The predicted molar refractivity (Wildman–Crippen MR) is 66.1 cm³/mol. The first-order chi connectivity index (χ1) is 8.31. The van der Waals surface area contributed by atoms with Gasteiger partial charge in [-0.15, -0.1) is 0 Å². The van der Waals surface area contributed by atoms with Gasteiger partial charge in [-0.3, -0.25) is 4.79 Å². The van der Waals surface area contributed by atoms with Gasteiger partial charge in [0.15, 0.2) is 0 Å². The van der Waals surface area contributed by atoms with E-state index >= 15 is 0 Å². The smallest absolute Gasteiger partial charge is 0.254 e. The second-order valence-corrected chi connectivity index (χ2v) is 4.45. The van der Waals surface area contributed by atoms with Gasteiger partial charge in [-0.25, -0.2) is 0 Å². The molecule has 1 aromatic heterocycles. The maximum atomic E-state index is 11.9. The second kappa shape index (κ2) is 5.87. The Hall–Kier alpha value is -1.29. The van der Waals surface area contributed by atoms with Crippen LogP contribution in [0, 0.1) is 0 Å². The van der Waals surface area contributed by atoms with E-state index < -0.39 is 0 Å². The van der Waals surface area contributed by atoms with E-state index in [4.69, 9.17) is 4.42 Å². The lowest BCUT2D eigenvalue weighted by atomic mass is 10.1. The Labute approximate surface area is 102 Å². The molecule has 2 rings (SSSR count). The number of hydrogen-bond donors (Lipinski definition) is 2. The summed E-state index contributed by atoms with van der Waals surface area (Å²) in [7, 11) is 0. The molecule has 0 radical (unpaired) electrons. The first kappa shape index (κ1) is 12.2.